The standard InChI is InChI=1S/C14H11BrClN3O3S2/c15-11-7-10(24(17,21)22)5-6-12(11)18-14(23)19-13(20)8-1-3-9(16)4-2-8/h1-7H,(H2,17,21,22)(H2,18,19,20,23). The largest absolute Gasteiger partial charge is 0.331 e. The lowest BCUT2D eigenvalue weighted by atomic mass is 10.2. The quantitative estimate of drug-likeness (QED) is 0.627. The molecule has 10 heteroatoms. The number of benzene rings is 2. The summed E-state index contributed by atoms with van der Waals surface area (Å²) in [7, 11) is -3.80. The van der Waals surface area contributed by atoms with Crippen LogP contribution in [0.3, 0.4) is 0 Å². The van der Waals surface area contributed by atoms with Gasteiger partial charge in [-0.05, 0) is 70.6 Å². The number of primary sulfonamides is 1. The van der Waals surface area contributed by atoms with Crippen LogP contribution in [0.25, 0.3) is 0 Å². The molecule has 126 valence electrons. The number of thiocarbonyl (C=S) groups is 1. The molecule has 0 unspecified atom stereocenters. The summed E-state index contributed by atoms with van der Waals surface area (Å²) in [5.41, 5.74) is 0.871. The molecule has 0 radical (unpaired) electrons. The zero-order chi connectivity index (χ0) is 17.9. The van der Waals surface area contributed by atoms with Gasteiger partial charge in [-0.3, -0.25) is 10.1 Å². The molecular formula is C14H11BrClN3O3S2. The lowest BCUT2D eigenvalue weighted by molar-refractivity contribution is 0.0977. The van der Waals surface area contributed by atoms with E-state index in [1.54, 1.807) is 24.3 Å². The van der Waals surface area contributed by atoms with Crippen molar-refractivity contribution in [1.82, 2.24) is 5.32 Å². The highest BCUT2D eigenvalue weighted by Gasteiger charge is 2.12. The van der Waals surface area contributed by atoms with E-state index in [4.69, 9.17) is 29.0 Å². The van der Waals surface area contributed by atoms with Crippen molar-refractivity contribution in [1.29, 1.82) is 0 Å². The Hall–Kier alpha value is -1.52. The SMILES string of the molecule is NS(=O)(=O)c1ccc(NC(=S)NC(=O)c2ccc(Cl)cc2)c(Br)c1. The van der Waals surface area contributed by atoms with Crippen molar-refractivity contribution in [2.45, 2.75) is 4.90 Å². The highest BCUT2D eigenvalue weighted by atomic mass is 79.9. The molecule has 0 aliphatic rings. The predicted octanol–water partition coefficient (Wildman–Crippen LogP) is 2.88. The van der Waals surface area contributed by atoms with Crippen molar-refractivity contribution in [2.24, 2.45) is 5.14 Å². The highest BCUT2D eigenvalue weighted by molar-refractivity contribution is 9.10. The summed E-state index contributed by atoms with van der Waals surface area (Å²) >= 11 is 14.1. The third-order valence-corrected chi connectivity index (χ3v) is 4.87. The molecule has 0 spiro atoms. The second kappa shape index (κ2) is 7.58. The van der Waals surface area contributed by atoms with Crippen LogP contribution in [0.2, 0.25) is 5.02 Å². The number of hydrogen-bond acceptors (Lipinski definition) is 4. The van der Waals surface area contributed by atoms with Gasteiger partial charge in [0.25, 0.3) is 5.91 Å². The fourth-order valence-electron chi connectivity index (χ4n) is 1.70. The van der Waals surface area contributed by atoms with Gasteiger partial charge < -0.3 is 5.32 Å². The predicted molar refractivity (Wildman–Crippen MR) is 101 cm³/mol. The third-order valence-electron chi connectivity index (χ3n) is 2.85. The molecule has 2 rings (SSSR count). The second-order valence-electron chi connectivity index (χ2n) is 4.60. The van der Waals surface area contributed by atoms with Gasteiger partial charge in [0.15, 0.2) is 5.11 Å². The Morgan fingerprint density at radius 1 is 1.17 bits per heavy atom. The summed E-state index contributed by atoms with van der Waals surface area (Å²) in [6.45, 7) is 0. The molecule has 4 N–H and O–H groups in total. The Kier molecular flexibility index (Phi) is 5.94. The van der Waals surface area contributed by atoms with E-state index in [0.29, 0.717) is 20.7 Å². The first-order valence-corrected chi connectivity index (χ1v) is 9.49. The normalized spacial score (nSPS) is 11.0. The summed E-state index contributed by atoms with van der Waals surface area (Å²) in [6, 6.07) is 10.5. The number of carbonyl (C=O) groups is 1. The Balaban J connectivity index is 2.07. The van der Waals surface area contributed by atoms with Gasteiger partial charge in [0.2, 0.25) is 10.0 Å². The number of sulfonamides is 1. The van der Waals surface area contributed by atoms with Gasteiger partial charge in [-0.1, -0.05) is 11.6 Å². The number of halogens is 2. The van der Waals surface area contributed by atoms with Crippen LogP contribution in [-0.4, -0.2) is 19.4 Å². The molecule has 0 fully saturated rings. The monoisotopic (exact) mass is 447 g/mol. The molecule has 0 saturated heterocycles. The van der Waals surface area contributed by atoms with Gasteiger partial charge in [-0.15, -0.1) is 0 Å². The molecule has 0 saturated carbocycles. The van der Waals surface area contributed by atoms with Crippen molar-refractivity contribution in [3.8, 4) is 0 Å². The number of anilines is 1. The Morgan fingerprint density at radius 3 is 2.33 bits per heavy atom. The van der Waals surface area contributed by atoms with Crippen LogP contribution < -0.4 is 15.8 Å². The molecule has 0 aliphatic heterocycles. The van der Waals surface area contributed by atoms with E-state index in [9.17, 15) is 13.2 Å². The molecule has 1 amide bonds. The Morgan fingerprint density at radius 2 is 1.79 bits per heavy atom. The van der Waals surface area contributed by atoms with Crippen LogP contribution in [-0.2, 0) is 10.0 Å². The van der Waals surface area contributed by atoms with Crippen LogP contribution in [0.5, 0.6) is 0 Å². The lowest BCUT2D eigenvalue weighted by Crippen LogP contribution is -2.34. The lowest BCUT2D eigenvalue weighted by Gasteiger charge is -2.12. The van der Waals surface area contributed by atoms with Crippen LogP contribution >= 0.6 is 39.7 Å². The van der Waals surface area contributed by atoms with Crippen LogP contribution in [0, 0.1) is 0 Å². The smallest absolute Gasteiger partial charge is 0.257 e. The maximum absolute atomic E-state index is 12.0. The first kappa shape index (κ1) is 18.8. The minimum Gasteiger partial charge on any atom is -0.331 e. The third kappa shape index (κ3) is 4.99. The average molecular weight is 449 g/mol. The summed E-state index contributed by atoms with van der Waals surface area (Å²) in [5.74, 6) is -0.401. The average Bonchev–Trinajstić information content (AvgIpc) is 2.48. The number of nitrogens with two attached hydrogens (primary N) is 1. The number of nitrogens with one attached hydrogen (secondary N) is 2. The number of amides is 1. The number of hydrogen-bond donors (Lipinski definition) is 3. The van der Waals surface area contributed by atoms with E-state index in [1.165, 1.54) is 18.2 Å². The van der Waals surface area contributed by atoms with Gasteiger partial charge in [0, 0.05) is 15.1 Å². The maximum atomic E-state index is 12.0. The molecule has 2 aromatic carbocycles. The minimum absolute atomic E-state index is 0.0453. The molecule has 0 heterocycles. The van der Waals surface area contributed by atoms with E-state index in [2.05, 4.69) is 26.6 Å². The van der Waals surface area contributed by atoms with Gasteiger partial charge in [0.1, 0.15) is 0 Å². The molecule has 6 nitrogen and oxygen atoms in total. The minimum atomic E-state index is -3.80. The number of carbonyl (C=O) groups excluding carboxylic acids is 1. The topological polar surface area (TPSA) is 101 Å². The fraction of sp³-hybridized carbons (Fsp3) is 0. The van der Waals surface area contributed by atoms with Crippen LogP contribution in [0.4, 0.5) is 5.69 Å². The van der Waals surface area contributed by atoms with Crippen molar-refractivity contribution in [3.63, 3.8) is 0 Å². The van der Waals surface area contributed by atoms with Crippen LogP contribution in [0.1, 0.15) is 10.4 Å². The Labute approximate surface area is 157 Å². The first-order valence-electron chi connectivity index (χ1n) is 6.37. The Bertz CT molecular complexity index is 902. The van der Waals surface area contributed by atoms with E-state index in [-0.39, 0.29) is 10.0 Å². The summed E-state index contributed by atoms with van der Waals surface area (Å²) < 4.78 is 23.0. The molecular weight excluding hydrogens is 438 g/mol. The number of rotatable bonds is 3. The van der Waals surface area contributed by atoms with Crippen molar-refractivity contribution in [2.75, 3.05) is 5.32 Å². The molecule has 0 bridgehead atoms. The summed E-state index contributed by atoms with van der Waals surface area (Å²) in [6.07, 6.45) is 0. The van der Waals surface area contributed by atoms with Gasteiger partial charge in [-0.2, -0.15) is 0 Å². The van der Waals surface area contributed by atoms with Crippen LogP contribution in [0.15, 0.2) is 51.8 Å². The van der Waals surface area contributed by atoms with Gasteiger partial charge >= 0.3 is 0 Å². The summed E-state index contributed by atoms with van der Waals surface area (Å²) in [4.78, 5) is 12.0. The van der Waals surface area contributed by atoms with Crippen molar-refractivity contribution in [3.05, 3.63) is 57.5 Å². The molecule has 0 aromatic heterocycles. The van der Waals surface area contributed by atoms with E-state index < -0.39 is 15.9 Å². The zero-order valence-electron chi connectivity index (χ0n) is 11.9. The zero-order valence-corrected chi connectivity index (χ0v) is 15.9. The molecule has 24 heavy (non-hydrogen) atoms. The highest BCUT2D eigenvalue weighted by Crippen LogP contribution is 2.25. The summed E-state index contributed by atoms with van der Waals surface area (Å²) in [5, 5.41) is 10.9. The van der Waals surface area contributed by atoms with Crippen molar-refractivity contribution < 1.29 is 13.2 Å². The van der Waals surface area contributed by atoms with E-state index in [1.807, 2.05) is 0 Å². The van der Waals surface area contributed by atoms with Gasteiger partial charge in [0.05, 0.1) is 10.6 Å². The first-order chi connectivity index (χ1) is 11.2. The molecule has 2 aromatic rings. The molecule has 0 atom stereocenters. The maximum Gasteiger partial charge on any atom is 0.257 e. The van der Waals surface area contributed by atoms with Crippen molar-refractivity contribution >= 4 is 66.5 Å². The fourth-order valence-corrected chi connectivity index (χ4v) is 3.20. The second-order valence-corrected chi connectivity index (χ2v) is 7.86. The molecule has 0 aliphatic carbocycles. The van der Waals surface area contributed by atoms with Gasteiger partial charge in [-0.25, -0.2) is 13.6 Å². The van der Waals surface area contributed by atoms with E-state index >= 15 is 0 Å². The van der Waals surface area contributed by atoms with E-state index in [0.717, 1.165) is 0 Å².